The zero-order valence-electron chi connectivity index (χ0n) is 39.1. The molecule has 13 N–H and O–H groups in total. The number of hydrogen-bond acceptors (Lipinski definition) is 26. The molecule has 75 heavy (non-hydrogen) atoms. The van der Waals surface area contributed by atoms with E-state index < -0.39 is 147 Å². The summed E-state index contributed by atoms with van der Waals surface area (Å²) in [4.78, 5) is 100. The van der Waals surface area contributed by atoms with Crippen molar-refractivity contribution >= 4 is 65.2 Å². The summed E-state index contributed by atoms with van der Waals surface area (Å²) in [5, 5.41) is 32.7. The van der Waals surface area contributed by atoms with Gasteiger partial charge in [-0.2, -0.15) is 8.62 Å². The van der Waals surface area contributed by atoms with E-state index in [1.165, 1.54) is 47.6 Å². The molecule has 5 aromatic rings. The lowest BCUT2D eigenvalue weighted by Crippen LogP contribution is -2.45. The van der Waals surface area contributed by atoms with Gasteiger partial charge in [-0.3, -0.25) is 46.9 Å². The lowest BCUT2D eigenvalue weighted by molar-refractivity contribution is -0.745. The first-order valence-corrected chi connectivity index (χ1v) is 28.2. The van der Waals surface area contributed by atoms with Crippen LogP contribution in [0.5, 0.6) is 0 Å². The third-order valence-corrected chi connectivity index (χ3v) is 17.9. The maximum atomic E-state index is 13.8. The number of methoxy groups -OCH3 is 2. The highest BCUT2D eigenvalue weighted by atomic mass is 31.3. The molecule has 0 bridgehead atoms. The zero-order valence-corrected chi connectivity index (χ0v) is 42.7. The third kappa shape index (κ3) is 12.3. The first kappa shape index (κ1) is 56.6. The summed E-state index contributed by atoms with van der Waals surface area (Å²) in [7, 11) is -18.7. The number of anilines is 2. The number of ether oxygens (including phenoxy) is 5. The number of imidazole rings is 2. The van der Waals surface area contributed by atoms with Crippen molar-refractivity contribution in [2.75, 3.05) is 58.3 Å². The smallest absolute Gasteiger partial charge is 0.387 e. The van der Waals surface area contributed by atoms with Crippen LogP contribution in [0, 0.1) is 11.8 Å². The maximum absolute atomic E-state index is 13.8. The number of nitrogens with zero attached hydrogens (tertiary/aromatic N) is 8. The van der Waals surface area contributed by atoms with Crippen LogP contribution in [0.25, 0.3) is 22.3 Å². The van der Waals surface area contributed by atoms with Crippen molar-refractivity contribution in [1.29, 1.82) is 0 Å². The number of phosphoric ester groups is 2. The molecule has 3 saturated heterocycles. The maximum Gasteiger partial charge on any atom is 0.490 e. The summed E-state index contributed by atoms with van der Waals surface area (Å²) in [6.07, 6.45) is -11.2. The van der Waals surface area contributed by atoms with Gasteiger partial charge in [0.05, 0.1) is 51.6 Å². The van der Waals surface area contributed by atoms with Gasteiger partial charge >= 0.3 is 42.4 Å². The van der Waals surface area contributed by atoms with Gasteiger partial charge in [-0.1, -0.05) is 4.98 Å². The Hall–Kier alpha value is -4.58. The molecule has 0 amide bonds. The zero-order chi connectivity index (χ0) is 54.5. The fourth-order valence-corrected chi connectivity index (χ4v) is 13.9. The molecule has 36 nitrogen and oxygen atoms in total. The highest BCUT2D eigenvalue weighted by Crippen LogP contribution is 2.68. The van der Waals surface area contributed by atoms with E-state index >= 15 is 0 Å². The van der Waals surface area contributed by atoms with E-state index in [0.29, 0.717) is 0 Å². The average molecular weight is 1150 g/mol. The Kier molecular flexibility index (Phi) is 16.6. The van der Waals surface area contributed by atoms with E-state index in [0.717, 1.165) is 23.2 Å². The molecule has 16 atom stereocenters. The molecular formula is C35H51N12O24P4+. The number of aromatic amines is 2. The van der Waals surface area contributed by atoms with E-state index in [4.69, 9.17) is 48.7 Å². The second-order valence-corrected chi connectivity index (χ2v) is 23.6. The minimum Gasteiger partial charge on any atom is -0.387 e. The molecule has 4 unspecified atom stereocenters. The summed E-state index contributed by atoms with van der Waals surface area (Å²) in [6.45, 7) is -2.90. The van der Waals surface area contributed by atoms with Crippen molar-refractivity contribution in [1.82, 2.24) is 43.6 Å². The third-order valence-electron chi connectivity index (χ3n) is 12.2. The van der Waals surface area contributed by atoms with Gasteiger partial charge in [0, 0.05) is 44.9 Å². The number of aryl methyl sites for hydroxylation is 1. The van der Waals surface area contributed by atoms with Crippen molar-refractivity contribution in [2.45, 2.75) is 67.8 Å². The minimum absolute atomic E-state index is 0.00136. The van der Waals surface area contributed by atoms with E-state index in [1.54, 1.807) is 0 Å². The topological polar surface area (TPSA) is 507 Å². The number of aromatic nitrogens is 10. The number of aliphatic hydroxyl groups is 3. The number of aliphatic hydroxyl groups excluding tert-OH is 3. The van der Waals surface area contributed by atoms with E-state index in [1.807, 2.05) is 4.98 Å². The Balaban J connectivity index is 0.942. The van der Waals surface area contributed by atoms with Crippen LogP contribution in [0.4, 0.5) is 11.8 Å². The van der Waals surface area contributed by atoms with Gasteiger partial charge in [-0.05, 0) is 6.42 Å². The molecule has 40 heteroatoms. The number of nitrogens with one attached hydrogen (secondary N) is 2. The first-order chi connectivity index (χ1) is 35.2. The lowest BCUT2D eigenvalue weighted by Gasteiger charge is -2.26. The van der Waals surface area contributed by atoms with Crippen molar-refractivity contribution in [2.24, 2.45) is 18.9 Å². The van der Waals surface area contributed by atoms with Crippen LogP contribution < -0.4 is 32.8 Å². The van der Waals surface area contributed by atoms with Crippen molar-refractivity contribution in [3.63, 3.8) is 0 Å². The fraction of sp³-hybridized carbons (Fsp3) is 0.600. The standard InChI is InChI=1S/C35H50N12O24P4/c1-44-14-47(29-22(44)30(52)43-34(37)42-29)31-23(49)15(5-7-62-2)17(67-31)8-65-73(56,57)70-75(60,61)71-74(58,59)66-9-18-16(26(63-3)33(68-18)46-13-40-21-27(36)38-12-39-28(21)46)11-72(54,55)64-10-19-24(50)25(51)32(69-19)45-6-4-20(48)41-35(45)53/h4,6,12-19,23-26,31-33,49-51H,5,7-11H2,1-3H3,(H9-,36,37,38,39,41,42,43,48,52,53,54,55,56,57,58,59,60,61)/p+1/t15-,16-,17-,18-,19-,23-,24-,25-,26-,31-,32-,33-/m1/s1. The molecule has 0 spiro atoms. The number of rotatable bonds is 22. The monoisotopic (exact) mass is 1150 g/mol. The molecule has 0 aliphatic carbocycles. The average Bonchev–Trinajstić information content (AvgIpc) is 4.12. The van der Waals surface area contributed by atoms with E-state index in [-0.39, 0.29) is 47.1 Å². The van der Waals surface area contributed by atoms with Gasteiger partial charge in [-0.25, -0.2) is 38.0 Å². The Bertz CT molecular complexity index is 3280. The van der Waals surface area contributed by atoms with Crippen LogP contribution in [0.15, 0.2) is 45.6 Å². The lowest BCUT2D eigenvalue weighted by atomic mass is 9.95. The number of hydrogen-bond donors (Lipinski definition) is 11. The summed E-state index contributed by atoms with van der Waals surface area (Å²) in [6, 6.07) is 0.946. The minimum atomic E-state index is -6.15. The Morgan fingerprint density at radius 3 is 2.09 bits per heavy atom. The predicted molar refractivity (Wildman–Crippen MR) is 245 cm³/mol. The van der Waals surface area contributed by atoms with Crippen LogP contribution in [-0.2, 0) is 71.2 Å². The fourth-order valence-electron chi connectivity index (χ4n) is 8.88. The van der Waals surface area contributed by atoms with Crippen molar-refractivity contribution in [3.8, 4) is 0 Å². The molecule has 8 rings (SSSR count). The van der Waals surface area contributed by atoms with Gasteiger partial charge in [0.25, 0.3) is 17.1 Å². The Labute approximate surface area is 419 Å². The molecule has 3 fully saturated rings. The molecule has 5 aromatic heterocycles. The largest absolute Gasteiger partial charge is 0.490 e. The summed E-state index contributed by atoms with van der Waals surface area (Å²) < 4.78 is 110. The van der Waals surface area contributed by atoms with Gasteiger partial charge in [0.15, 0.2) is 30.2 Å². The molecule has 8 heterocycles. The van der Waals surface area contributed by atoms with E-state index in [2.05, 4.69) is 33.5 Å². The van der Waals surface area contributed by atoms with Crippen LogP contribution in [-0.4, -0.2) is 168 Å². The van der Waals surface area contributed by atoms with Crippen LogP contribution in [0.3, 0.4) is 0 Å². The van der Waals surface area contributed by atoms with Crippen LogP contribution in [0.1, 0.15) is 25.1 Å². The molecule has 3 aliphatic rings. The van der Waals surface area contributed by atoms with Gasteiger partial charge in [0.1, 0.15) is 42.4 Å². The number of fused-ring (bicyclic) bond motifs is 2. The highest BCUT2D eigenvalue weighted by Gasteiger charge is 2.53. The Morgan fingerprint density at radius 2 is 1.44 bits per heavy atom. The van der Waals surface area contributed by atoms with Crippen LogP contribution in [0.2, 0.25) is 0 Å². The molecule has 0 aromatic carbocycles. The summed E-state index contributed by atoms with van der Waals surface area (Å²) in [5.41, 5.74) is 9.53. The second-order valence-electron chi connectivity index (χ2n) is 17.1. The van der Waals surface area contributed by atoms with Crippen LogP contribution >= 0.6 is 31.1 Å². The summed E-state index contributed by atoms with van der Waals surface area (Å²) >= 11 is 0. The molecule has 3 aliphatic heterocycles. The van der Waals surface area contributed by atoms with Gasteiger partial charge in [-0.15, -0.1) is 0 Å². The molecular weight excluding hydrogens is 1100 g/mol. The van der Waals surface area contributed by atoms with Crippen molar-refractivity contribution in [3.05, 3.63) is 62.4 Å². The SMILES string of the molecule is COCC[C@H]1[C@@H](O)[C@H]([n+]2cn(C)c3c(=O)[nH]c(N)nc32)O[C@@H]1COP(=O)(O)OP(=O)(O)OP(=O)(O)OC[C@H]1O[C@@H](n2cnc3c(N)ncnc32)[C@H](OC)[C@@H]1CP(=O)(O)OC[C@H]1O[C@@H](n2ccc(=O)[nH]c2=O)[C@H](O)[C@@H]1O. The number of nitrogens with two attached hydrogens (primary N) is 2. The number of nitrogen functional groups attached to an aromatic ring is 2. The highest BCUT2D eigenvalue weighted by molar-refractivity contribution is 7.66. The normalized spacial score (nSPS) is 30.4. The van der Waals surface area contributed by atoms with Gasteiger partial charge in [0.2, 0.25) is 11.7 Å². The van der Waals surface area contributed by atoms with E-state index in [9.17, 15) is 67.5 Å². The molecule has 0 saturated carbocycles. The van der Waals surface area contributed by atoms with Gasteiger partial charge < -0.3 is 74.6 Å². The molecule has 414 valence electrons. The Morgan fingerprint density at radius 1 is 0.787 bits per heavy atom. The first-order valence-electron chi connectivity index (χ1n) is 21.9. The predicted octanol–water partition coefficient (Wildman–Crippen LogP) is -3.27. The van der Waals surface area contributed by atoms with Crippen molar-refractivity contribution < 1.29 is 104 Å². The second kappa shape index (κ2) is 22.0. The summed E-state index contributed by atoms with van der Waals surface area (Å²) in [5.74, 6) is -2.64. The molecule has 0 radical (unpaired) electrons. The number of phosphoric acid groups is 3. The quantitative estimate of drug-likeness (QED) is 0.0239. The number of H-pyrrole nitrogens is 2.